The number of amides is 2. The lowest BCUT2D eigenvalue weighted by Crippen LogP contribution is -2.28. The Morgan fingerprint density at radius 1 is 0.933 bits per heavy atom. The number of nitrogens with one attached hydrogen (secondary N) is 1. The third kappa shape index (κ3) is 3.88. The van der Waals surface area contributed by atoms with Crippen LogP contribution in [0.15, 0.2) is 60.7 Å². The molecule has 1 aromatic heterocycles. The molecule has 5 heteroatoms. The monoisotopic (exact) mass is 401 g/mol. The van der Waals surface area contributed by atoms with Crippen LogP contribution in [0, 0.1) is 19.8 Å². The standard InChI is InChI=1S/C25H27N3O2/c1-4-19-7-11-22(12-8-19)27-16-20(15-24(27)29)25(30)26-21-9-13-23(14-10-21)28-17(2)5-6-18(28)3/h5-14,20H,4,15-16H2,1-3H3,(H,26,30)/t20-/m0/s1. The Bertz CT molecular complexity index is 1050. The molecule has 0 spiro atoms. The number of hydrogen-bond donors (Lipinski definition) is 1. The van der Waals surface area contributed by atoms with Gasteiger partial charge in [-0.1, -0.05) is 19.1 Å². The molecule has 30 heavy (non-hydrogen) atoms. The Kier molecular flexibility index (Phi) is 5.44. The second-order valence-electron chi connectivity index (χ2n) is 7.91. The highest BCUT2D eigenvalue weighted by Gasteiger charge is 2.35. The number of carbonyl (C=O) groups excluding carboxylic acids is 2. The Labute approximate surface area is 177 Å². The second-order valence-corrected chi connectivity index (χ2v) is 7.91. The minimum Gasteiger partial charge on any atom is -0.326 e. The largest absolute Gasteiger partial charge is 0.326 e. The van der Waals surface area contributed by atoms with Crippen molar-refractivity contribution >= 4 is 23.2 Å². The van der Waals surface area contributed by atoms with Gasteiger partial charge in [-0.3, -0.25) is 9.59 Å². The van der Waals surface area contributed by atoms with Gasteiger partial charge in [0, 0.05) is 41.4 Å². The molecule has 154 valence electrons. The molecule has 2 amide bonds. The number of nitrogens with zero attached hydrogens (tertiary/aromatic N) is 2. The lowest BCUT2D eigenvalue weighted by Gasteiger charge is -2.17. The van der Waals surface area contributed by atoms with Gasteiger partial charge in [0.2, 0.25) is 11.8 Å². The molecule has 1 atom stereocenters. The van der Waals surface area contributed by atoms with E-state index in [1.807, 2.05) is 48.5 Å². The van der Waals surface area contributed by atoms with Crippen molar-refractivity contribution in [3.63, 3.8) is 0 Å². The summed E-state index contributed by atoms with van der Waals surface area (Å²) in [6.07, 6.45) is 1.20. The van der Waals surface area contributed by atoms with Gasteiger partial charge in [0.05, 0.1) is 5.92 Å². The van der Waals surface area contributed by atoms with Crippen molar-refractivity contribution < 1.29 is 9.59 Å². The summed E-state index contributed by atoms with van der Waals surface area (Å²) in [5.74, 6) is -0.470. The van der Waals surface area contributed by atoms with E-state index < -0.39 is 0 Å². The summed E-state index contributed by atoms with van der Waals surface area (Å²) >= 11 is 0. The highest BCUT2D eigenvalue weighted by Crippen LogP contribution is 2.27. The molecule has 0 unspecified atom stereocenters. The minimum atomic E-state index is -0.350. The van der Waals surface area contributed by atoms with Crippen LogP contribution < -0.4 is 10.2 Å². The molecule has 0 bridgehead atoms. The van der Waals surface area contributed by atoms with Crippen LogP contribution >= 0.6 is 0 Å². The molecule has 0 radical (unpaired) electrons. The molecule has 1 aliphatic heterocycles. The number of anilines is 2. The molecule has 3 aromatic rings. The summed E-state index contributed by atoms with van der Waals surface area (Å²) in [7, 11) is 0. The Hall–Kier alpha value is -3.34. The van der Waals surface area contributed by atoms with Crippen molar-refractivity contribution in [2.24, 2.45) is 5.92 Å². The van der Waals surface area contributed by atoms with E-state index in [1.54, 1.807) is 4.90 Å². The predicted molar refractivity (Wildman–Crippen MR) is 120 cm³/mol. The molecule has 0 aliphatic carbocycles. The van der Waals surface area contributed by atoms with Crippen molar-refractivity contribution in [1.29, 1.82) is 0 Å². The van der Waals surface area contributed by atoms with Crippen molar-refractivity contribution in [2.45, 2.75) is 33.6 Å². The van der Waals surface area contributed by atoms with Gasteiger partial charge >= 0.3 is 0 Å². The topological polar surface area (TPSA) is 54.3 Å². The van der Waals surface area contributed by atoms with Crippen molar-refractivity contribution in [3.05, 3.63) is 77.6 Å². The molecule has 1 fully saturated rings. The van der Waals surface area contributed by atoms with Gasteiger partial charge in [-0.25, -0.2) is 0 Å². The summed E-state index contributed by atoms with van der Waals surface area (Å²) in [5.41, 5.74) is 6.22. The fourth-order valence-electron chi connectivity index (χ4n) is 4.06. The quantitative estimate of drug-likeness (QED) is 0.677. The first-order valence-electron chi connectivity index (χ1n) is 10.4. The first-order valence-corrected chi connectivity index (χ1v) is 10.4. The van der Waals surface area contributed by atoms with Gasteiger partial charge in [-0.2, -0.15) is 0 Å². The molecule has 4 rings (SSSR count). The molecule has 2 heterocycles. The van der Waals surface area contributed by atoms with Gasteiger partial charge in [0.1, 0.15) is 0 Å². The maximum atomic E-state index is 12.8. The summed E-state index contributed by atoms with van der Waals surface area (Å²) in [5, 5.41) is 2.97. The number of carbonyl (C=O) groups is 2. The number of rotatable bonds is 5. The highest BCUT2D eigenvalue weighted by atomic mass is 16.2. The first kappa shape index (κ1) is 20.0. The minimum absolute atomic E-state index is 0.00620. The van der Waals surface area contributed by atoms with Crippen LogP contribution in [0.3, 0.4) is 0 Å². The van der Waals surface area contributed by atoms with Gasteiger partial charge in [0.15, 0.2) is 0 Å². The Balaban J connectivity index is 1.42. The predicted octanol–water partition coefficient (Wildman–Crippen LogP) is 4.65. The average molecular weight is 402 g/mol. The first-order chi connectivity index (χ1) is 14.5. The maximum absolute atomic E-state index is 12.8. The van der Waals surface area contributed by atoms with Crippen molar-refractivity contribution in [1.82, 2.24) is 4.57 Å². The van der Waals surface area contributed by atoms with Crippen LogP contribution in [0.25, 0.3) is 5.69 Å². The molecule has 1 aliphatic rings. The smallest absolute Gasteiger partial charge is 0.229 e. The summed E-state index contributed by atoms with van der Waals surface area (Å²) in [6, 6.07) is 20.0. The zero-order valence-corrected chi connectivity index (χ0v) is 17.7. The fourth-order valence-corrected chi connectivity index (χ4v) is 4.06. The lowest BCUT2D eigenvalue weighted by atomic mass is 10.1. The third-order valence-electron chi connectivity index (χ3n) is 5.82. The molecule has 2 aromatic carbocycles. The van der Waals surface area contributed by atoms with Gasteiger partial charge in [-0.15, -0.1) is 0 Å². The van der Waals surface area contributed by atoms with Crippen LogP contribution in [0.5, 0.6) is 0 Å². The SMILES string of the molecule is CCc1ccc(N2C[C@@H](C(=O)Nc3ccc(-n4c(C)ccc4C)cc3)CC2=O)cc1. The molecular weight excluding hydrogens is 374 g/mol. The van der Waals surface area contributed by atoms with E-state index >= 15 is 0 Å². The molecule has 0 saturated carbocycles. The third-order valence-corrected chi connectivity index (χ3v) is 5.82. The van der Waals surface area contributed by atoms with E-state index in [2.05, 4.69) is 42.8 Å². The normalized spacial score (nSPS) is 16.2. The number of aromatic nitrogens is 1. The lowest BCUT2D eigenvalue weighted by molar-refractivity contribution is -0.122. The molecule has 1 N–H and O–H groups in total. The van der Waals surface area contributed by atoms with E-state index in [0.29, 0.717) is 6.54 Å². The summed E-state index contributed by atoms with van der Waals surface area (Å²) < 4.78 is 2.17. The van der Waals surface area contributed by atoms with E-state index in [0.717, 1.165) is 23.5 Å². The van der Waals surface area contributed by atoms with Crippen LogP contribution in [-0.4, -0.2) is 22.9 Å². The van der Waals surface area contributed by atoms with E-state index in [9.17, 15) is 9.59 Å². The van der Waals surface area contributed by atoms with E-state index in [4.69, 9.17) is 0 Å². The Morgan fingerprint density at radius 3 is 2.13 bits per heavy atom. The van der Waals surface area contributed by atoms with Gasteiger partial charge in [0.25, 0.3) is 0 Å². The zero-order chi connectivity index (χ0) is 21.3. The van der Waals surface area contributed by atoms with Gasteiger partial charge < -0.3 is 14.8 Å². The summed E-state index contributed by atoms with van der Waals surface area (Å²) in [6.45, 7) is 6.66. The number of hydrogen-bond acceptors (Lipinski definition) is 2. The molecule has 1 saturated heterocycles. The highest BCUT2D eigenvalue weighted by molar-refractivity contribution is 6.03. The fraction of sp³-hybridized carbons (Fsp3) is 0.280. The van der Waals surface area contributed by atoms with Gasteiger partial charge in [-0.05, 0) is 74.4 Å². The zero-order valence-electron chi connectivity index (χ0n) is 17.7. The number of aryl methyl sites for hydroxylation is 3. The molecular formula is C25H27N3O2. The van der Waals surface area contributed by atoms with Crippen molar-refractivity contribution in [3.8, 4) is 5.69 Å². The molecule has 5 nitrogen and oxygen atoms in total. The van der Waals surface area contributed by atoms with E-state index in [1.165, 1.54) is 17.0 Å². The van der Waals surface area contributed by atoms with Crippen LogP contribution in [0.1, 0.15) is 30.3 Å². The van der Waals surface area contributed by atoms with Crippen LogP contribution in [0.2, 0.25) is 0 Å². The van der Waals surface area contributed by atoms with Crippen molar-refractivity contribution in [2.75, 3.05) is 16.8 Å². The Morgan fingerprint density at radius 2 is 1.53 bits per heavy atom. The number of benzene rings is 2. The van der Waals surface area contributed by atoms with Crippen LogP contribution in [0.4, 0.5) is 11.4 Å². The second kappa shape index (κ2) is 8.19. The van der Waals surface area contributed by atoms with Crippen LogP contribution in [-0.2, 0) is 16.0 Å². The average Bonchev–Trinajstić information content (AvgIpc) is 3.31. The van der Waals surface area contributed by atoms with E-state index in [-0.39, 0.29) is 24.2 Å². The maximum Gasteiger partial charge on any atom is 0.229 e. The summed E-state index contributed by atoms with van der Waals surface area (Å²) in [4.78, 5) is 27.0.